The largest absolute Gasteiger partial charge is 0.382 e. The summed E-state index contributed by atoms with van der Waals surface area (Å²) in [5.41, 5.74) is 9.09. The number of rotatable bonds is 5. The standard InChI is InChI=1S/C17H21N7/c1-3-20-10-14-22-15(16(23-14)17(18)19-2)12-6-4-11(5-7-12)13-8-9-21-24-13/h4-6,8-9,20H,2-3,7,10,18H2,1H3,(H,21,24)(H,22,23)/b15-12+,17-16+. The van der Waals surface area contributed by atoms with Gasteiger partial charge in [-0.25, -0.2) is 9.98 Å². The smallest absolute Gasteiger partial charge is 0.150 e. The molecule has 7 nitrogen and oxygen atoms in total. The number of allylic oxidation sites excluding steroid dienone is 4. The number of nitrogens with zero attached hydrogens (tertiary/aromatic N) is 3. The van der Waals surface area contributed by atoms with Crippen molar-refractivity contribution in [3.8, 4) is 0 Å². The summed E-state index contributed by atoms with van der Waals surface area (Å²) in [6, 6.07) is 1.95. The van der Waals surface area contributed by atoms with Gasteiger partial charge >= 0.3 is 0 Å². The number of hydrogen-bond donors (Lipinski definition) is 4. The summed E-state index contributed by atoms with van der Waals surface area (Å²) in [5.74, 6) is 1.16. The third kappa shape index (κ3) is 3.21. The van der Waals surface area contributed by atoms with E-state index in [1.807, 2.05) is 18.3 Å². The second-order valence-corrected chi connectivity index (χ2v) is 5.41. The minimum atomic E-state index is 0.326. The Bertz CT molecular complexity index is 897. The molecule has 0 bridgehead atoms. The Morgan fingerprint density at radius 1 is 1.46 bits per heavy atom. The van der Waals surface area contributed by atoms with Gasteiger partial charge in [-0.1, -0.05) is 25.2 Å². The van der Waals surface area contributed by atoms with Crippen LogP contribution >= 0.6 is 0 Å². The van der Waals surface area contributed by atoms with Gasteiger partial charge in [-0.15, -0.1) is 0 Å². The molecule has 0 spiro atoms. The molecule has 124 valence electrons. The van der Waals surface area contributed by atoms with Crippen molar-refractivity contribution in [1.29, 1.82) is 0 Å². The van der Waals surface area contributed by atoms with Crippen LogP contribution in [0.5, 0.6) is 0 Å². The fraction of sp³-hybridized carbons (Fsp3) is 0.235. The molecule has 0 saturated carbocycles. The van der Waals surface area contributed by atoms with Crippen LogP contribution in [0.4, 0.5) is 0 Å². The molecule has 2 aromatic heterocycles. The first-order valence-electron chi connectivity index (χ1n) is 7.86. The van der Waals surface area contributed by atoms with Crippen LogP contribution in [0.15, 0.2) is 35.5 Å². The molecule has 1 aliphatic carbocycles. The van der Waals surface area contributed by atoms with Gasteiger partial charge in [0.1, 0.15) is 11.2 Å². The molecule has 0 atom stereocenters. The van der Waals surface area contributed by atoms with E-state index in [9.17, 15) is 0 Å². The van der Waals surface area contributed by atoms with Crippen LogP contribution in [0.25, 0.3) is 17.0 Å². The van der Waals surface area contributed by atoms with Crippen molar-refractivity contribution in [3.63, 3.8) is 0 Å². The molecule has 2 aromatic rings. The lowest BCUT2D eigenvalue weighted by atomic mass is 10.00. The zero-order valence-electron chi connectivity index (χ0n) is 13.6. The van der Waals surface area contributed by atoms with Crippen molar-refractivity contribution in [2.75, 3.05) is 6.54 Å². The highest BCUT2D eigenvalue weighted by Crippen LogP contribution is 2.21. The fourth-order valence-corrected chi connectivity index (χ4v) is 2.58. The SMILES string of the molecule is C=N/C(N)=c1/nc(CNCC)[nH]/c1=C1\C=CC(c2cc[nH]n2)=CC1. The molecular weight excluding hydrogens is 302 g/mol. The van der Waals surface area contributed by atoms with Crippen molar-refractivity contribution in [3.05, 3.63) is 52.7 Å². The molecule has 0 fully saturated rings. The van der Waals surface area contributed by atoms with E-state index in [2.05, 4.69) is 56.3 Å². The van der Waals surface area contributed by atoms with Gasteiger partial charge in [0.25, 0.3) is 0 Å². The van der Waals surface area contributed by atoms with Gasteiger partial charge in [0, 0.05) is 6.20 Å². The van der Waals surface area contributed by atoms with E-state index in [0.717, 1.165) is 41.0 Å². The average Bonchev–Trinajstić information content (AvgIpc) is 3.29. The minimum Gasteiger partial charge on any atom is -0.382 e. The monoisotopic (exact) mass is 323 g/mol. The molecule has 0 unspecified atom stereocenters. The number of aromatic amines is 2. The molecule has 3 rings (SSSR count). The van der Waals surface area contributed by atoms with Gasteiger partial charge in [0.2, 0.25) is 0 Å². The third-order valence-corrected chi connectivity index (χ3v) is 3.83. The molecule has 0 amide bonds. The Hall–Kier alpha value is -2.93. The van der Waals surface area contributed by atoms with E-state index in [1.54, 1.807) is 0 Å². The number of aromatic nitrogens is 4. The summed E-state index contributed by atoms with van der Waals surface area (Å²) in [6.45, 7) is 7.08. The maximum atomic E-state index is 5.97. The highest BCUT2D eigenvalue weighted by molar-refractivity contribution is 5.79. The summed E-state index contributed by atoms with van der Waals surface area (Å²) in [7, 11) is 0. The summed E-state index contributed by atoms with van der Waals surface area (Å²) in [4.78, 5) is 11.7. The summed E-state index contributed by atoms with van der Waals surface area (Å²) < 4.78 is 0. The predicted octanol–water partition coefficient (Wildman–Crippen LogP) is 0.162. The van der Waals surface area contributed by atoms with Crippen LogP contribution < -0.4 is 21.7 Å². The predicted molar refractivity (Wildman–Crippen MR) is 96.1 cm³/mol. The number of nitrogens with two attached hydrogens (primary N) is 1. The lowest BCUT2D eigenvalue weighted by Gasteiger charge is -2.06. The molecule has 0 aromatic carbocycles. The van der Waals surface area contributed by atoms with Crippen molar-refractivity contribution in [1.82, 2.24) is 25.5 Å². The number of hydrogen-bond acceptors (Lipinski definition) is 5. The van der Waals surface area contributed by atoms with Gasteiger partial charge < -0.3 is 16.0 Å². The Morgan fingerprint density at radius 3 is 2.96 bits per heavy atom. The summed E-state index contributed by atoms with van der Waals surface area (Å²) in [5, 5.41) is 11.8. The van der Waals surface area contributed by atoms with Crippen molar-refractivity contribution in [2.45, 2.75) is 19.9 Å². The van der Waals surface area contributed by atoms with Gasteiger partial charge in [-0.3, -0.25) is 5.10 Å². The molecule has 5 N–H and O–H groups in total. The van der Waals surface area contributed by atoms with Crippen molar-refractivity contribution < 1.29 is 0 Å². The molecule has 2 heterocycles. The van der Waals surface area contributed by atoms with E-state index in [-0.39, 0.29) is 0 Å². The Labute approximate surface area is 139 Å². The van der Waals surface area contributed by atoms with E-state index in [4.69, 9.17) is 5.73 Å². The second-order valence-electron chi connectivity index (χ2n) is 5.41. The van der Waals surface area contributed by atoms with Gasteiger partial charge in [-0.05, 0) is 36.9 Å². The lowest BCUT2D eigenvalue weighted by molar-refractivity contribution is 0.696. The molecule has 1 aliphatic rings. The molecular formula is C17H21N7. The van der Waals surface area contributed by atoms with Crippen LogP contribution in [0.3, 0.4) is 0 Å². The normalized spacial score (nSPS) is 17.6. The second kappa shape index (κ2) is 7.10. The van der Waals surface area contributed by atoms with Crippen LogP contribution in [-0.2, 0) is 6.54 Å². The van der Waals surface area contributed by atoms with Crippen LogP contribution in [0.2, 0.25) is 0 Å². The molecule has 0 radical (unpaired) electrons. The summed E-state index contributed by atoms with van der Waals surface area (Å²) in [6.07, 6.45) is 8.82. The Balaban J connectivity index is 2.03. The number of H-pyrrole nitrogens is 2. The first kappa shape index (κ1) is 15.9. The molecule has 24 heavy (non-hydrogen) atoms. The minimum absolute atomic E-state index is 0.326. The van der Waals surface area contributed by atoms with E-state index < -0.39 is 0 Å². The van der Waals surface area contributed by atoms with Crippen LogP contribution in [0.1, 0.15) is 24.9 Å². The fourth-order valence-electron chi connectivity index (χ4n) is 2.58. The third-order valence-electron chi connectivity index (χ3n) is 3.83. The zero-order valence-corrected chi connectivity index (χ0v) is 13.6. The van der Waals surface area contributed by atoms with E-state index in [0.29, 0.717) is 17.7 Å². The average molecular weight is 323 g/mol. The highest BCUT2D eigenvalue weighted by Gasteiger charge is 2.09. The van der Waals surface area contributed by atoms with Gasteiger partial charge in [-0.2, -0.15) is 5.10 Å². The first-order valence-corrected chi connectivity index (χ1v) is 7.86. The number of nitrogens with one attached hydrogen (secondary N) is 3. The van der Waals surface area contributed by atoms with Gasteiger partial charge in [0.05, 0.1) is 17.6 Å². The summed E-state index contributed by atoms with van der Waals surface area (Å²) >= 11 is 0. The van der Waals surface area contributed by atoms with Gasteiger partial charge in [0.15, 0.2) is 5.82 Å². The molecule has 0 saturated heterocycles. The topological polar surface area (TPSA) is 108 Å². The maximum Gasteiger partial charge on any atom is 0.150 e. The molecule has 0 aliphatic heterocycles. The van der Waals surface area contributed by atoms with Crippen LogP contribution in [0, 0.1) is 0 Å². The lowest BCUT2D eigenvalue weighted by Crippen LogP contribution is -2.31. The van der Waals surface area contributed by atoms with Crippen molar-refractivity contribution >= 4 is 23.7 Å². The van der Waals surface area contributed by atoms with E-state index in [1.165, 1.54) is 0 Å². The number of imidazole rings is 1. The van der Waals surface area contributed by atoms with E-state index >= 15 is 0 Å². The maximum absolute atomic E-state index is 5.97. The zero-order chi connectivity index (χ0) is 16.9. The Kier molecular flexibility index (Phi) is 4.72. The first-order chi connectivity index (χ1) is 11.7. The highest BCUT2D eigenvalue weighted by atomic mass is 15.1. The molecule has 7 heteroatoms. The van der Waals surface area contributed by atoms with Crippen LogP contribution in [-0.4, -0.2) is 33.4 Å². The Morgan fingerprint density at radius 2 is 2.33 bits per heavy atom. The number of aliphatic imine (C=N–C) groups is 1. The van der Waals surface area contributed by atoms with Crippen molar-refractivity contribution in [2.24, 2.45) is 10.7 Å². The quantitative estimate of drug-likeness (QED) is 0.588.